The molecular weight excluding hydrogens is 366 g/mol. The lowest BCUT2D eigenvalue weighted by Crippen LogP contribution is -2.30. The van der Waals surface area contributed by atoms with Gasteiger partial charge in [-0.15, -0.1) is 0 Å². The Bertz CT molecular complexity index is 1080. The number of thiocarbonyl (C=S) groups is 1. The predicted octanol–water partition coefficient (Wildman–Crippen LogP) is 4.46. The van der Waals surface area contributed by atoms with Gasteiger partial charge in [-0.3, -0.25) is 9.69 Å². The van der Waals surface area contributed by atoms with Gasteiger partial charge < -0.3 is 5.32 Å². The Hall–Kier alpha value is -2.76. The molecule has 1 fully saturated rings. The molecule has 128 valence electrons. The Labute approximate surface area is 161 Å². The van der Waals surface area contributed by atoms with E-state index in [1.165, 1.54) is 4.90 Å². The number of halogens is 1. The summed E-state index contributed by atoms with van der Waals surface area (Å²) in [5.41, 5.74) is 3.70. The van der Waals surface area contributed by atoms with Crippen LogP contribution in [0, 0.1) is 6.92 Å². The molecule has 4 nitrogen and oxygen atoms in total. The molecule has 1 amide bonds. The molecule has 0 bridgehead atoms. The van der Waals surface area contributed by atoms with Crippen molar-refractivity contribution in [3.05, 3.63) is 76.6 Å². The third-order valence-corrected chi connectivity index (χ3v) is 4.73. The summed E-state index contributed by atoms with van der Waals surface area (Å²) >= 11 is 11.6. The average molecular weight is 380 g/mol. The lowest BCUT2D eigenvalue weighted by molar-refractivity contribution is -0.113. The maximum Gasteiger partial charge on any atom is 0.281 e. The van der Waals surface area contributed by atoms with Crippen molar-refractivity contribution in [2.45, 2.75) is 6.92 Å². The van der Waals surface area contributed by atoms with Crippen LogP contribution >= 0.6 is 23.8 Å². The number of hydrogen-bond donors (Lipinski definition) is 1. The van der Waals surface area contributed by atoms with Crippen LogP contribution in [0.4, 0.5) is 5.69 Å². The van der Waals surface area contributed by atoms with E-state index in [1.807, 2.05) is 61.5 Å². The van der Waals surface area contributed by atoms with Crippen molar-refractivity contribution in [3.63, 3.8) is 0 Å². The van der Waals surface area contributed by atoms with E-state index in [0.717, 1.165) is 22.2 Å². The summed E-state index contributed by atoms with van der Waals surface area (Å²) in [6.07, 6.45) is 1.69. The van der Waals surface area contributed by atoms with E-state index in [-0.39, 0.29) is 5.91 Å². The quantitative estimate of drug-likeness (QED) is 0.405. The van der Waals surface area contributed by atoms with Gasteiger partial charge >= 0.3 is 0 Å². The number of nitrogens with zero attached hydrogens (tertiary/aromatic N) is 2. The SMILES string of the molecule is Cc1ccc2nc(Cl)c(C=C3NC(=S)N(c4ccccc4)C3=O)cc2c1. The fourth-order valence-electron chi connectivity index (χ4n) is 2.89. The fourth-order valence-corrected chi connectivity index (χ4v) is 3.39. The molecule has 4 rings (SSSR count). The zero-order valence-corrected chi connectivity index (χ0v) is 15.4. The first kappa shape index (κ1) is 16.7. The van der Waals surface area contributed by atoms with Crippen LogP contribution in [-0.4, -0.2) is 16.0 Å². The molecule has 1 aliphatic heterocycles. The van der Waals surface area contributed by atoms with Gasteiger partial charge in [0.25, 0.3) is 5.91 Å². The van der Waals surface area contributed by atoms with Crippen molar-refractivity contribution in [3.8, 4) is 0 Å². The molecule has 1 N–H and O–H groups in total. The topological polar surface area (TPSA) is 45.2 Å². The number of rotatable bonds is 2. The highest BCUT2D eigenvalue weighted by Gasteiger charge is 2.32. The molecule has 6 heteroatoms. The van der Waals surface area contributed by atoms with Crippen LogP contribution < -0.4 is 10.2 Å². The van der Waals surface area contributed by atoms with Crippen molar-refractivity contribution in [2.24, 2.45) is 0 Å². The largest absolute Gasteiger partial charge is 0.327 e. The number of benzene rings is 2. The monoisotopic (exact) mass is 379 g/mol. The third kappa shape index (κ3) is 2.96. The number of aryl methyl sites for hydroxylation is 1. The van der Waals surface area contributed by atoms with Gasteiger partial charge in [-0.2, -0.15) is 0 Å². The molecule has 1 aliphatic rings. The number of pyridine rings is 1. The van der Waals surface area contributed by atoms with Gasteiger partial charge in [-0.1, -0.05) is 41.4 Å². The van der Waals surface area contributed by atoms with Gasteiger partial charge in [0.2, 0.25) is 0 Å². The van der Waals surface area contributed by atoms with E-state index < -0.39 is 0 Å². The summed E-state index contributed by atoms with van der Waals surface area (Å²) < 4.78 is 0. The van der Waals surface area contributed by atoms with Crippen LogP contribution in [0.1, 0.15) is 11.1 Å². The molecule has 0 saturated carbocycles. The lowest BCUT2D eigenvalue weighted by Gasteiger charge is -2.13. The van der Waals surface area contributed by atoms with E-state index in [1.54, 1.807) is 6.08 Å². The molecular formula is C20H14ClN3OS. The molecule has 0 unspecified atom stereocenters. The number of carbonyl (C=O) groups excluding carboxylic acids is 1. The Kier molecular flexibility index (Phi) is 4.18. The van der Waals surface area contributed by atoms with Crippen molar-refractivity contribution in [1.82, 2.24) is 10.3 Å². The van der Waals surface area contributed by atoms with Gasteiger partial charge in [-0.05, 0) is 55.5 Å². The minimum Gasteiger partial charge on any atom is -0.327 e. The fraction of sp³-hybridized carbons (Fsp3) is 0.0500. The summed E-state index contributed by atoms with van der Waals surface area (Å²) in [5, 5.41) is 4.62. The van der Waals surface area contributed by atoms with Crippen LogP contribution in [0.5, 0.6) is 0 Å². The van der Waals surface area contributed by atoms with Crippen LogP contribution in [0.25, 0.3) is 17.0 Å². The first-order chi connectivity index (χ1) is 12.5. The second-order valence-electron chi connectivity index (χ2n) is 6.03. The number of nitrogens with one attached hydrogen (secondary N) is 1. The molecule has 0 aliphatic carbocycles. The molecule has 3 aromatic rings. The van der Waals surface area contributed by atoms with Crippen molar-refractivity contribution >= 4 is 57.5 Å². The second-order valence-corrected chi connectivity index (χ2v) is 6.77. The highest BCUT2D eigenvalue weighted by molar-refractivity contribution is 7.80. The second kappa shape index (κ2) is 6.52. The Morgan fingerprint density at radius 1 is 1.15 bits per heavy atom. The zero-order chi connectivity index (χ0) is 18.3. The number of anilines is 1. The van der Waals surface area contributed by atoms with E-state index in [9.17, 15) is 4.79 Å². The summed E-state index contributed by atoms with van der Waals surface area (Å²) in [7, 11) is 0. The van der Waals surface area contributed by atoms with E-state index >= 15 is 0 Å². The maximum absolute atomic E-state index is 12.8. The Morgan fingerprint density at radius 3 is 2.69 bits per heavy atom. The van der Waals surface area contributed by atoms with E-state index in [4.69, 9.17) is 23.8 Å². The van der Waals surface area contributed by atoms with Gasteiger partial charge in [0.05, 0.1) is 11.2 Å². The Morgan fingerprint density at radius 2 is 1.92 bits per heavy atom. The number of amides is 1. The average Bonchev–Trinajstić information content (AvgIpc) is 2.90. The molecule has 0 radical (unpaired) electrons. The predicted molar refractivity (Wildman–Crippen MR) is 109 cm³/mol. The highest BCUT2D eigenvalue weighted by atomic mass is 35.5. The highest BCUT2D eigenvalue weighted by Crippen LogP contribution is 2.26. The maximum atomic E-state index is 12.8. The van der Waals surface area contributed by atoms with Gasteiger partial charge in [-0.25, -0.2) is 4.98 Å². The van der Waals surface area contributed by atoms with Gasteiger partial charge in [0, 0.05) is 10.9 Å². The van der Waals surface area contributed by atoms with Crippen LogP contribution in [0.2, 0.25) is 5.15 Å². The van der Waals surface area contributed by atoms with Crippen LogP contribution in [0.3, 0.4) is 0 Å². The summed E-state index contributed by atoms with van der Waals surface area (Å²) in [6.45, 7) is 2.02. The number of hydrogen-bond acceptors (Lipinski definition) is 3. The normalized spacial score (nSPS) is 15.8. The molecule has 26 heavy (non-hydrogen) atoms. The molecule has 0 atom stereocenters. The molecule has 2 heterocycles. The summed E-state index contributed by atoms with van der Waals surface area (Å²) in [4.78, 5) is 18.7. The standard InChI is InChI=1S/C20H14ClN3OS/c1-12-7-8-16-13(9-12)10-14(18(21)22-16)11-17-19(25)24(20(26)23-17)15-5-3-2-4-6-15/h2-11H,1H3,(H,23,26). The molecule has 1 aromatic heterocycles. The van der Waals surface area contributed by atoms with Gasteiger partial charge in [0.15, 0.2) is 5.11 Å². The number of carbonyl (C=O) groups is 1. The lowest BCUT2D eigenvalue weighted by atomic mass is 10.1. The minimum absolute atomic E-state index is 0.221. The molecule has 0 spiro atoms. The number of fused-ring (bicyclic) bond motifs is 1. The first-order valence-corrected chi connectivity index (χ1v) is 8.80. The summed E-state index contributed by atoms with van der Waals surface area (Å²) in [6, 6.07) is 17.2. The third-order valence-electron chi connectivity index (χ3n) is 4.14. The van der Waals surface area contributed by atoms with Crippen molar-refractivity contribution < 1.29 is 4.79 Å². The van der Waals surface area contributed by atoms with E-state index in [2.05, 4.69) is 10.3 Å². The number of para-hydroxylation sites is 1. The van der Waals surface area contributed by atoms with Crippen molar-refractivity contribution in [1.29, 1.82) is 0 Å². The minimum atomic E-state index is -0.221. The number of aromatic nitrogens is 1. The summed E-state index contributed by atoms with van der Waals surface area (Å²) in [5.74, 6) is -0.221. The van der Waals surface area contributed by atoms with Crippen LogP contribution in [-0.2, 0) is 4.79 Å². The van der Waals surface area contributed by atoms with E-state index in [0.29, 0.717) is 21.5 Å². The smallest absolute Gasteiger partial charge is 0.281 e. The van der Waals surface area contributed by atoms with Crippen molar-refractivity contribution in [2.75, 3.05) is 4.90 Å². The van der Waals surface area contributed by atoms with Gasteiger partial charge in [0.1, 0.15) is 10.9 Å². The molecule has 2 aromatic carbocycles. The Balaban J connectivity index is 1.75. The zero-order valence-electron chi connectivity index (χ0n) is 13.9. The van der Waals surface area contributed by atoms with Crippen LogP contribution in [0.15, 0.2) is 60.3 Å². The molecule has 1 saturated heterocycles. The first-order valence-electron chi connectivity index (χ1n) is 8.02.